The van der Waals surface area contributed by atoms with Crippen molar-refractivity contribution in [3.05, 3.63) is 59.6 Å². The summed E-state index contributed by atoms with van der Waals surface area (Å²) in [6.07, 6.45) is 12.9. The van der Waals surface area contributed by atoms with Gasteiger partial charge in [0.05, 0.1) is 12.1 Å². The molecule has 7 rings (SSSR count). The van der Waals surface area contributed by atoms with Crippen molar-refractivity contribution >= 4 is 28.2 Å². The molecule has 0 radical (unpaired) electrons. The summed E-state index contributed by atoms with van der Waals surface area (Å²) < 4.78 is 8.34. The van der Waals surface area contributed by atoms with Crippen LogP contribution in [0.15, 0.2) is 48.2 Å². The van der Waals surface area contributed by atoms with Gasteiger partial charge in [0.2, 0.25) is 0 Å². The number of hydrogen-bond donors (Lipinski definition) is 0. The van der Waals surface area contributed by atoms with Gasteiger partial charge in [-0.2, -0.15) is 0 Å². The minimum Gasteiger partial charge on any atom is -0.462 e. The summed E-state index contributed by atoms with van der Waals surface area (Å²) in [6, 6.07) is 10.7. The topological polar surface area (TPSA) is 60.7 Å². The van der Waals surface area contributed by atoms with Gasteiger partial charge in [0.1, 0.15) is 11.8 Å². The van der Waals surface area contributed by atoms with E-state index in [9.17, 15) is 9.59 Å². The van der Waals surface area contributed by atoms with E-state index in [-0.39, 0.29) is 47.9 Å². The second kappa shape index (κ2) is 9.36. The van der Waals surface area contributed by atoms with Gasteiger partial charge < -0.3 is 9.14 Å². The van der Waals surface area contributed by atoms with E-state index < -0.39 is 0 Å². The number of imidazole rings is 1. The van der Waals surface area contributed by atoms with Crippen LogP contribution in [0.2, 0.25) is 0 Å². The van der Waals surface area contributed by atoms with E-state index in [1.807, 2.05) is 0 Å². The molecular formula is C33H38N2O3. The number of rotatable bonds is 1. The number of benzene rings is 1. The molecule has 3 aliphatic carbocycles. The highest BCUT2D eigenvalue weighted by atomic mass is 16.5. The standard InChI is InChI=1S/C33H38N2O3/c1-3-21-11-6-4-9-19(2)32(37)27-17-25-23-13-8-14-24(23)31-30(29(25)26(27)18-28(36)38-21)34-33-22-12-7-5-10-20(22)15-16-35(31)33/h5,7,10,12,15-17,19,21,23-26,29H,3-4,6,8-9,11,13-14,18H2,1-2H3/t19-,21+,23-,24?,25?,26-,29?/m1/s1. The Hall–Kier alpha value is -2.95. The van der Waals surface area contributed by atoms with Crippen molar-refractivity contribution in [3.63, 3.8) is 0 Å². The van der Waals surface area contributed by atoms with Gasteiger partial charge >= 0.3 is 5.97 Å². The summed E-state index contributed by atoms with van der Waals surface area (Å²) >= 11 is 0. The molecule has 0 spiro atoms. The minimum absolute atomic E-state index is 0.0108. The monoisotopic (exact) mass is 510 g/mol. The molecule has 2 fully saturated rings. The van der Waals surface area contributed by atoms with Crippen molar-refractivity contribution in [1.82, 2.24) is 9.38 Å². The summed E-state index contributed by atoms with van der Waals surface area (Å²) in [5.74, 6) is 1.20. The number of Topliss-reactive ketones (excluding diaryl/α,β-unsaturated/α-hetero) is 1. The molecule has 38 heavy (non-hydrogen) atoms. The van der Waals surface area contributed by atoms with Crippen LogP contribution in [-0.4, -0.2) is 27.2 Å². The zero-order valence-electron chi connectivity index (χ0n) is 22.6. The zero-order chi connectivity index (χ0) is 26.0. The van der Waals surface area contributed by atoms with E-state index in [4.69, 9.17) is 9.72 Å². The van der Waals surface area contributed by atoms with E-state index in [2.05, 4.69) is 60.9 Å². The number of ether oxygens (including phenoxy) is 1. The molecule has 0 bridgehead atoms. The second-order valence-electron chi connectivity index (χ2n) is 12.3. The summed E-state index contributed by atoms with van der Waals surface area (Å²) in [5.41, 5.74) is 4.35. The Morgan fingerprint density at radius 2 is 1.84 bits per heavy atom. The lowest BCUT2D eigenvalue weighted by Gasteiger charge is -2.38. The molecule has 1 aliphatic heterocycles. The highest BCUT2D eigenvalue weighted by molar-refractivity contribution is 5.99. The Labute approximate surface area is 224 Å². The van der Waals surface area contributed by atoms with Crippen molar-refractivity contribution < 1.29 is 14.3 Å². The number of cyclic esters (lactones) is 1. The third-order valence-corrected chi connectivity index (χ3v) is 10.2. The average Bonchev–Trinajstić information content (AvgIpc) is 3.64. The largest absolute Gasteiger partial charge is 0.462 e. The van der Waals surface area contributed by atoms with E-state index in [0.29, 0.717) is 11.8 Å². The number of carbonyl (C=O) groups is 2. The predicted octanol–water partition coefficient (Wildman–Crippen LogP) is 7.13. The Bertz CT molecular complexity index is 1450. The van der Waals surface area contributed by atoms with Gasteiger partial charge in [-0.15, -0.1) is 0 Å². The minimum atomic E-state index is -0.157. The quantitative estimate of drug-likeness (QED) is 0.327. The summed E-state index contributed by atoms with van der Waals surface area (Å²) in [6.45, 7) is 4.19. The number of nitrogens with zero attached hydrogens (tertiary/aromatic N) is 2. The van der Waals surface area contributed by atoms with Gasteiger partial charge in [-0.1, -0.05) is 57.0 Å². The molecule has 3 aromatic rings. The van der Waals surface area contributed by atoms with E-state index in [0.717, 1.165) is 54.4 Å². The van der Waals surface area contributed by atoms with Crippen molar-refractivity contribution in [2.45, 2.75) is 89.6 Å². The Balaban J connectivity index is 1.38. The van der Waals surface area contributed by atoms with Crippen LogP contribution in [-0.2, 0) is 14.3 Å². The Kier molecular flexibility index (Phi) is 5.94. The number of carbonyl (C=O) groups excluding carboxylic acids is 2. The lowest BCUT2D eigenvalue weighted by atomic mass is 9.66. The number of pyridine rings is 1. The normalized spacial score (nSPS) is 33.5. The van der Waals surface area contributed by atoms with Crippen LogP contribution in [0.4, 0.5) is 0 Å². The smallest absolute Gasteiger partial charge is 0.306 e. The molecule has 198 valence electrons. The summed E-state index contributed by atoms with van der Waals surface area (Å²) in [5, 5.41) is 2.35. The van der Waals surface area contributed by atoms with Gasteiger partial charge in [0, 0.05) is 40.9 Å². The maximum atomic E-state index is 13.9. The number of hydrogen-bond acceptors (Lipinski definition) is 4. The summed E-state index contributed by atoms with van der Waals surface area (Å²) in [7, 11) is 0. The SMILES string of the molecule is CC[C@H]1CCCC[C@@H](C)C(=O)C2=CC3C(c4nc5c6ccccc6ccn5c4C4CCC[C@H]43)[C@@H]2CC(=O)O1. The lowest BCUT2D eigenvalue weighted by molar-refractivity contribution is -0.150. The fourth-order valence-electron chi connectivity index (χ4n) is 8.37. The number of allylic oxidation sites excluding steroid dienone is 2. The molecule has 5 heteroatoms. The molecule has 0 N–H and O–H groups in total. The van der Waals surface area contributed by atoms with Crippen LogP contribution < -0.4 is 0 Å². The molecule has 7 atom stereocenters. The van der Waals surface area contributed by atoms with Crippen LogP contribution in [0.25, 0.3) is 16.4 Å². The van der Waals surface area contributed by atoms with E-state index in [1.165, 1.54) is 30.3 Å². The average molecular weight is 511 g/mol. The highest BCUT2D eigenvalue weighted by Gasteiger charge is 2.54. The number of fused-ring (bicyclic) bond motifs is 12. The third kappa shape index (κ3) is 3.68. The molecule has 1 aromatic carbocycles. The molecule has 2 aromatic heterocycles. The van der Waals surface area contributed by atoms with E-state index in [1.54, 1.807) is 0 Å². The van der Waals surface area contributed by atoms with Gasteiger partial charge in [-0.3, -0.25) is 9.59 Å². The number of aromatic nitrogens is 2. The molecule has 3 unspecified atom stereocenters. The molecule has 3 heterocycles. The van der Waals surface area contributed by atoms with Crippen LogP contribution in [0.5, 0.6) is 0 Å². The molecule has 0 amide bonds. The first-order valence-corrected chi connectivity index (χ1v) is 14.9. The zero-order valence-corrected chi connectivity index (χ0v) is 22.6. The fourth-order valence-corrected chi connectivity index (χ4v) is 8.37. The van der Waals surface area contributed by atoms with Gasteiger partial charge in [-0.05, 0) is 67.4 Å². The van der Waals surface area contributed by atoms with Crippen molar-refractivity contribution in [2.75, 3.05) is 0 Å². The molecular weight excluding hydrogens is 472 g/mol. The van der Waals surface area contributed by atoms with Crippen molar-refractivity contribution in [1.29, 1.82) is 0 Å². The first-order valence-electron chi connectivity index (χ1n) is 14.9. The Morgan fingerprint density at radius 3 is 2.71 bits per heavy atom. The first kappa shape index (κ1) is 24.1. The van der Waals surface area contributed by atoms with Crippen molar-refractivity contribution in [2.24, 2.45) is 23.7 Å². The molecule has 1 saturated heterocycles. The van der Waals surface area contributed by atoms with Crippen LogP contribution in [0.1, 0.15) is 94.9 Å². The van der Waals surface area contributed by atoms with Gasteiger partial charge in [-0.25, -0.2) is 4.98 Å². The number of ketones is 1. The maximum Gasteiger partial charge on any atom is 0.306 e. The fraction of sp³-hybridized carbons (Fsp3) is 0.545. The Morgan fingerprint density at radius 1 is 1.00 bits per heavy atom. The summed E-state index contributed by atoms with van der Waals surface area (Å²) in [4.78, 5) is 32.7. The highest BCUT2D eigenvalue weighted by Crippen LogP contribution is 2.61. The van der Waals surface area contributed by atoms with Crippen LogP contribution in [0, 0.1) is 23.7 Å². The molecule has 1 saturated carbocycles. The van der Waals surface area contributed by atoms with E-state index >= 15 is 0 Å². The van der Waals surface area contributed by atoms with Crippen molar-refractivity contribution in [3.8, 4) is 0 Å². The molecule has 5 nitrogen and oxygen atoms in total. The van der Waals surface area contributed by atoms with Crippen LogP contribution in [0.3, 0.4) is 0 Å². The third-order valence-electron chi connectivity index (χ3n) is 10.2. The second-order valence-corrected chi connectivity index (χ2v) is 12.3. The lowest BCUT2D eigenvalue weighted by Crippen LogP contribution is -2.33. The predicted molar refractivity (Wildman–Crippen MR) is 148 cm³/mol. The number of esters is 1. The maximum absolute atomic E-state index is 13.9. The van der Waals surface area contributed by atoms with Crippen LogP contribution >= 0.6 is 0 Å². The first-order chi connectivity index (χ1) is 18.5. The van der Waals surface area contributed by atoms with Gasteiger partial charge in [0.15, 0.2) is 5.78 Å². The molecule has 4 aliphatic rings. The van der Waals surface area contributed by atoms with Gasteiger partial charge in [0.25, 0.3) is 0 Å².